The Hall–Kier alpha value is -4.01. The number of hydrogen-bond donors (Lipinski definition) is 3. The van der Waals surface area contributed by atoms with Crippen LogP contribution in [0.15, 0.2) is 48.5 Å². The molecule has 0 aliphatic heterocycles. The Balaban J connectivity index is 1.47. The van der Waals surface area contributed by atoms with Crippen molar-refractivity contribution < 1.29 is 23.9 Å². The number of ketones is 1. The molecule has 1 atom stereocenters. The van der Waals surface area contributed by atoms with Crippen molar-refractivity contribution in [3.63, 3.8) is 0 Å². The van der Waals surface area contributed by atoms with Crippen LogP contribution in [0.25, 0.3) is 10.9 Å². The van der Waals surface area contributed by atoms with Crippen molar-refractivity contribution in [2.75, 3.05) is 11.9 Å². The van der Waals surface area contributed by atoms with Gasteiger partial charge in [-0.15, -0.1) is 0 Å². The minimum atomic E-state index is -0.992. The molecule has 1 aromatic heterocycles. The number of esters is 1. The highest BCUT2D eigenvalue weighted by atomic mass is 16.5. The molecule has 0 aliphatic rings. The monoisotopic (exact) mass is 464 g/mol. The van der Waals surface area contributed by atoms with E-state index in [9.17, 15) is 19.2 Å². The summed E-state index contributed by atoms with van der Waals surface area (Å²) < 4.78 is 5.22. The average molecular weight is 465 g/mol. The van der Waals surface area contributed by atoms with Crippen LogP contribution in [0.3, 0.4) is 0 Å². The zero-order valence-electron chi connectivity index (χ0n) is 19.6. The Morgan fingerprint density at radius 3 is 2.38 bits per heavy atom. The smallest absolute Gasteiger partial charge is 0.308 e. The summed E-state index contributed by atoms with van der Waals surface area (Å²) in [7, 11) is 0. The quantitative estimate of drug-likeness (QED) is 0.346. The highest BCUT2D eigenvalue weighted by Gasteiger charge is 2.22. The third-order valence-corrected chi connectivity index (χ3v) is 5.09. The normalized spacial score (nSPS) is 12.1. The first-order chi connectivity index (χ1) is 16.1. The SMILES string of the molecule is CC(OC(=O)CCNC(=O)c1n[nH]c2ccccc12)C(=O)c1ccc(NC(=O)C(C)(C)C)cc1. The van der Waals surface area contributed by atoms with Gasteiger partial charge in [-0.25, -0.2) is 0 Å². The molecule has 0 saturated carbocycles. The third-order valence-electron chi connectivity index (χ3n) is 5.09. The van der Waals surface area contributed by atoms with Crippen molar-refractivity contribution in [1.82, 2.24) is 15.5 Å². The maximum atomic E-state index is 12.6. The Labute approximate surface area is 197 Å². The summed E-state index contributed by atoms with van der Waals surface area (Å²) in [5.41, 5.74) is 1.37. The van der Waals surface area contributed by atoms with E-state index in [1.165, 1.54) is 6.92 Å². The molecule has 3 rings (SSSR count). The van der Waals surface area contributed by atoms with Gasteiger partial charge in [0, 0.05) is 28.6 Å². The molecule has 0 spiro atoms. The fourth-order valence-electron chi connectivity index (χ4n) is 3.08. The number of fused-ring (bicyclic) bond motifs is 1. The molecule has 9 nitrogen and oxygen atoms in total. The zero-order chi connectivity index (χ0) is 24.9. The molecule has 178 valence electrons. The molecule has 34 heavy (non-hydrogen) atoms. The van der Waals surface area contributed by atoms with Crippen LogP contribution in [0.1, 0.15) is 55.0 Å². The summed E-state index contributed by atoms with van der Waals surface area (Å²) in [6, 6.07) is 13.6. The molecule has 0 saturated heterocycles. The Morgan fingerprint density at radius 2 is 1.71 bits per heavy atom. The van der Waals surface area contributed by atoms with Crippen molar-refractivity contribution >= 4 is 40.2 Å². The Kier molecular flexibility index (Phi) is 7.45. The van der Waals surface area contributed by atoms with Gasteiger partial charge < -0.3 is 15.4 Å². The number of nitrogens with one attached hydrogen (secondary N) is 3. The van der Waals surface area contributed by atoms with Gasteiger partial charge in [0.05, 0.1) is 11.9 Å². The van der Waals surface area contributed by atoms with Crippen molar-refractivity contribution in [2.45, 2.75) is 40.2 Å². The summed E-state index contributed by atoms with van der Waals surface area (Å²) in [6.45, 7) is 6.95. The van der Waals surface area contributed by atoms with E-state index < -0.39 is 23.4 Å². The topological polar surface area (TPSA) is 130 Å². The summed E-state index contributed by atoms with van der Waals surface area (Å²) in [6.07, 6.45) is -1.09. The lowest BCUT2D eigenvalue weighted by Gasteiger charge is -2.18. The number of Topliss-reactive ketones (excluding diaryl/α,β-unsaturated/α-hetero) is 1. The van der Waals surface area contributed by atoms with Gasteiger partial charge in [0.15, 0.2) is 11.8 Å². The number of nitrogens with zero attached hydrogens (tertiary/aromatic N) is 1. The van der Waals surface area contributed by atoms with Crippen LogP contribution in [0.2, 0.25) is 0 Å². The van der Waals surface area contributed by atoms with Crippen LogP contribution in [0, 0.1) is 5.41 Å². The van der Waals surface area contributed by atoms with E-state index in [2.05, 4.69) is 20.8 Å². The summed E-state index contributed by atoms with van der Waals surface area (Å²) in [5.74, 6) is -1.52. The maximum Gasteiger partial charge on any atom is 0.308 e. The number of hydrogen-bond acceptors (Lipinski definition) is 6. The lowest BCUT2D eigenvalue weighted by Crippen LogP contribution is -2.29. The molecule has 9 heteroatoms. The van der Waals surface area contributed by atoms with Crippen LogP contribution in [0.5, 0.6) is 0 Å². The molecule has 3 N–H and O–H groups in total. The first-order valence-electron chi connectivity index (χ1n) is 10.9. The van der Waals surface area contributed by atoms with Gasteiger partial charge in [-0.05, 0) is 37.3 Å². The predicted molar refractivity (Wildman–Crippen MR) is 127 cm³/mol. The number of anilines is 1. The Bertz CT molecular complexity index is 1210. The Morgan fingerprint density at radius 1 is 1.03 bits per heavy atom. The van der Waals surface area contributed by atoms with Crippen molar-refractivity contribution in [2.24, 2.45) is 5.41 Å². The van der Waals surface area contributed by atoms with E-state index in [1.54, 1.807) is 57.2 Å². The fraction of sp³-hybridized carbons (Fsp3) is 0.320. The van der Waals surface area contributed by atoms with Gasteiger partial charge in [-0.2, -0.15) is 5.10 Å². The van der Waals surface area contributed by atoms with Crippen LogP contribution in [-0.2, 0) is 14.3 Å². The van der Waals surface area contributed by atoms with E-state index in [-0.39, 0.29) is 30.3 Å². The average Bonchev–Trinajstić information content (AvgIpc) is 3.22. The molecule has 3 aromatic rings. The van der Waals surface area contributed by atoms with E-state index in [0.717, 1.165) is 5.52 Å². The number of aromatic amines is 1. The largest absolute Gasteiger partial charge is 0.454 e. The fourth-order valence-corrected chi connectivity index (χ4v) is 3.08. The predicted octanol–water partition coefficient (Wildman–Crippen LogP) is 3.48. The number of carbonyl (C=O) groups is 4. The lowest BCUT2D eigenvalue weighted by atomic mass is 9.95. The number of amides is 2. The second kappa shape index (κ2) is 10.3. The standard InChI is InChI=1S/C25H28N4O5/c1-15(22(31)16-9-11-17(12-10-16)27-24(33)25(2,3)4)34-20(30)13-14-26-23(32)21-18-7-5-6-8-19(18)28-29-21/h5-12,15H,13-14H2,1-4H3,(H,26,32)(H,27,33)(H,28,29). The molecule has 1 heterocycles. The van der Waals surface area contributed by atoms with Crippen LogP contribution < -0.4 is 10.6 Å². The minimum Gasteiger partial charge on any atom is -0.454 e. The number of ether oxygens (including phenoxy) is 1. The molecule has 0 fully saturated rings. The molecule has 2 amide bonds. The van der Waals surface area contributed by atoms with E-state index in [0.29, 0.717) is 16.6 Å². The first kappa shape index (κ1) is 24.6. The highest BCUT2D eigenvalue weighted by molar-refractivity contribution is 6.04. The summed E-state index contributed by atoms with van der Waals surface area (Å²) >= 11 is 0. The summed E-state index contributed by atoms with van der Waals surface area (Å²) in [4.78, 5) is 49.1. The highest BCUT2D eigenvalue weighted by Crippen LogP contribution is 2.19. The van der Waals surface area contributed by atoms with Crippen LogP contribution in [0.4, 0.5) is 5.69 Å². The van der Waals surface area contributed by atoms with E-state index in [1.807, 2.05) is 12.1 Å². The molecule has 2 aromatic carbocycles. The van der Waals surface area contributed by atoms with Crippen molar-refractivity contribution in [3.8, 4) is 0 Å². The van der Waals surface area contributed by atoms with Gasteiger partial charge in [-0.1, -0.05) is 39.0 Å². The number of carbonyl (C=O) groups excluding carboxylic acids is 4. The molecule has 0 bridgehead atoms. The van der Waals surface area contributed by atoms with Gasteiger partial charge in [0.25, 0.3) is 5.91 Å². The number of rotatable bonds is 8. The minimum absolute atomic E-state index is 0.0436. The molecule has 1 unspecified atom stereocenters. The van der Waals surface area contributed by atoms with Crippen LogP contribution in [-0.4, -0.2) is 46.4 Å². The molecular formula is C25H28N4O5. The second-order valence-electron chi connectivity index (χ2n) is 8.90. The maximum absolute atomic E-state index is 12.6. The number of H-pyrrole nitrogens is 1. The molecule has 0 aliphatic carbocycles. The first-order valence-corrected chi connectivity index (χ1v) is 10.9. The van der Waals surface area contributed by atoms with Crippen LogP contribution >= 0.6 is 0 Å². The number of aromatic nitrogens is 2. The number of para-hydroxylation sites is 1. The summed E-state index contributed by atoms with van der Waals surface area (Å²) in [5, 5.41) is 12.9. The molecule has 0 radical (unpaired) electrons. The number of benzene rings is 2. The molecular weight excluding hydrogens is 436 g/mol. The van der Waals surface area contributed by atoms with Crippen molar-refractivity contribution in [3.05, 3.63) is 59.8 Å². The van der Waals surface area contributed by atoms with Gasteiger partial charge in [0.1, 0.15) is 0 Å². The lowest BCUT2D eigenvalue weighted by molar-refractivity contribution is -0.146. The zero-order valence-corrected chi connectivity index (χ0v) is 19.6. The second-order valence-corrected chi connectivity index (χ2v) is 8.90. The van der Waals surface area contributed by atoms with E-state index >= 15 is 0 Å². The van der Waals surface area contributed by atoms with E-state index in [4.69, 9.17) is 4.74 Å². The van der Waals surface area contributed by atoms with Gasteiger partial charge >= 0.3 is 5.97 Å². The van der Waals surface area contributed by atoms with Gasteiger partial charge in [-0.3, -0.25) is 24.3 Å². The van der Waals surface area contributed by atoms with Gasteiger partial charge in [0.2, 0.25) is 11.7 Å². The third kappa shape index (κ3) is 6.06. The van der Waals surface area contributed by atoms with Crippen molar-refractivity contribution in [1.29, 1.82) is 0 Å².